The van der Waals surface area contributed by atoms with Gasteiger partial charge in [-0.05, 0) is 46.5 Å². The second kappa shape index (κ2) is 6.00. The smallest absolute Gasteiger partial charge is 0.197 e. The third kappa shape index (κ3) is 2.50. The molecule has 0 spiro atoms. The molecule has 1 N–H and O–H groups in total. The normalized spacial score (nSPS) is 15.2. The Kier molecular flexibility index (Phi) is 3.83. The zero-order valence-corrected chi connectivity index (χ0v) is 14.3. The van der Waals surface area contributed by atoms with Crippen molar-refractivity contribution in [3.05, 3.63) is 82.9 Å². The monoisotopic (exact) mass is 351 g/mol. The Balaban J connectivity index is 1.96. The van der Waals surface area contributed by atoms with Crippen molar-refractivity contribution in [3.63, 3.8) is 0 Å². The zero-order chi connectivity index (χ0) is 16.7. The van der Waals surface area contributed by atoms with Crippen LogP contribution in [0.2, 0.25) is 5.02 Å². The molecule has 1 unspecified atom stereocenters. The molecule has 24 heavy (non-hydrogen) atoms. The topological polar surface area (TPSA) is 29.1 Å². The molecule has 2 nitrogen and oxygen atoms in total. The van der Waals surface area contributed by atoms with E-state index in [1.807, 2.05) is 66.7 Å². The quantitative estimate of drug-likeness (QED) is 0.584. The van der Waals surface area contributed by atoms with Crippen LogP contribution in [0.1, 0.15) is 17.0 Å². The molecule has 3 aromatic carbocycles. The van der Waals surface area contributed by atoms with Crippen molar-refractivity contribution < 1.29 is 4.79 Å². The minimum atomic E-state index is -0.396. The van der Waals surface area contributed by atoms with Gasteiger partial charge in [0, 0.05) is 16.4 Å². The Morgan fingerprint density at radius 3 is 2.38 bits per heavy atom. The first kappa shape index (κ1) is 15.3. The van der Waals surface area contributed by atoms with Gasteiger partial charge < -0.3 is 5.32 Å². The molecule has 1 heterocycles. The second-order valence-electron chi connectivity index (χ2n) is 5.76. The highest BCUT2D eigenvalue weighted by molar-refractivity contribution is 7.96. The van der Waals surface area contributed by atoms with E-state index in [9.17, 15) is 4.79 Å². The molecule has 0 aromatic heterocycles. The van der Waals surface area contributed by atoms with E-state index in [2.05, 4.69) is 17.9 Å². The van der Waals surface area contributed by atoms with Gasteiger partial charge in [-0.3, -0.25) is 4.79 Å². The lowest BCUT2D eigenvalue weighted by atomic mass is 9.82. The van der Waals surface area contributed by atoms with Crippen LogP contribution in [0.3, 0.4) is 0 Å². The number of para-hydroxylation sites is 1. The van der Waals surface area contributed by atoms with Gasteiger partial charge in [-0.1, -0.05) is 54.1 Å². The van der Waals surface area contributed by atoms with Crippen LogP contribution >= 0.6 is 24.2 Å². The van der Waals surface area contributed by atoms with Crippen LogP contribution in [-0.4, -0.2) is 5.12 Å². The van der Waals surface area contributed by atoms with Gasteiger partial charge in [-0.2, -0.15) is 0 Å². The summed E-state index contributed by atoms with van der Waals surface area (Å²) in [5.41, 5.74) is 5.83. The van der Waals surface area contributed by atoms with E-state index in [-0.39, 0.29) is 5.12 Å². The summed E-state index contributed by atoms with van der Waals surface area (Å²) in [7, 11) is 0. The lowest BCUT2D eigenvalue weighted by Crippen LogP contribution is -2.18. The Morgan fingerprint density at radius 2 is 1.62 bits per heavy atom. The van der Waals surface area contributed by atoms with E-state index in [0.29, 0.717) is 5.02 Å². The third-order valence-electron chi connectivity index (χ3n) is 4.34. The van der Waals surface area contributed by atoms with Crippen molar-refractivity contribution in [2.24, 2.45) is 0 Å². The van der Waals surface area contributed by atoms with Crippen LogP contribution in [0.15, 0.2) is 66.7 Å². The summed E-state index contributed by atoms with van der Waals surface area (Å²) in [4.78, 5) is 12.4. The fourth-order valence-corrected chi connectivity index (χ4v) is 3.68. The van der Waals surface area contributed by atoms with E-state index in [4.69, 9.17) is 11.6 Å². The number of nitrogens with one attached hydrogen (secondary N) is 1. The maximum Gasteiger partial charge on any atom is 0.197 e. The summed E-state index contributed by atoms with van der Waals surface area (Å²) >= 11 is 10.2. The molecule has 4 heteroatoms. The molecule has 0 bridgehead atoms. The molecule has 4 rings (SSSR count). The Labute approximate surface area is 150 Å². The first-order chi connectivity index (χ1) is 11.6. The zero-order valence-electron chi connectivity index (χ0n) is 12.7. The SMILES string of the molecule is O=C(S)C1c2ccccc2Nc2cccc(-c3ccc(Cl)cc3)c21. The number of carbonyl (C=O) groups excluding carboxylic acids is 1. The predicted molar refractivity (Wildman–Crippen MR) is 102 cm³/mol. The lowest BCUT2D eigenvalue weighted by Gasteiger charge is -2.29. The highest BCUT2D eigenvalue weighted by atomic mass is 35.5. The highest BCUT2D eigenvalue weighted by Crippen LogP contribution is 2.46. The van der Waals surface area contributed by atoms with Gasteiger partial charge >= 0.3 is 0 Å². The second-order valence-corrected chi connectivity index (χ2v) is 6.63. The molecule has 1 atom stereocenters. The first-order valence-corrected chi connectivity index (χ1v) is 8.45. The molecule has 0 radical (unpaired) electrons. The molecular formula is C20H14ClNOS. The molecule has 0 saturated heterocycles. The minimum Gasteiger partial charge on any atom is -0.355 e. The number of thiol groups is 1. The number of rotatable bonds is 2. The highest BCUT2D eigenvalue weighted by Gasteiger charge is 2.31. The number of carbonyl (C=O) groups is 1. The first-order valence-electron chi connectivity index (χ1n) is 7.63. The Morgan fingerprint density at radius 1 is 0.917 bits per heavy atom. The fourth-order valence-electron chi connectivity index (χ4n) is 3.29. The number of fused-ring (bicyclic) bond motifs is 2. The number of hydrogen-bond acceptors (Lipinski definition) is 2. The third-order valence-corrected chi connectivity index (χ3v) is 4.85. The summed E-state index contributed by atoms with van der Waals surface area (Å²) in [6, 6.07) is 21.5. The summed E-state index contributed by atoms with van der Waals surface area (Å²) < 4.78 is 0. The van der Waals surface area contributed by atoms with Crippen molar-refractivity contribution in [2.45, 2.75) is 5.92 Å². The van der Waals surface area contributed by atoms with Crippen LogP contribution < -0.4 is 5.32 Å². The van der Waals surface area contributed by atoms with Crippen LogP contribution in [-0.2, 0) is 4.79 Å². The van der Waals surface area contributed by atoms with E-state index in [1.165, 1.54) is 0 Å². The van der Waals surface area contributed by atoms with Crippen molar-refractivity contribution in [1.29, 1.82) is 0 Å². The largest absolute Gasteiger partial charge is 0.355 e. The molecule has 0 amide bonds. The predicted octanol–water partition coefficient (Wildman–Crippen LogP) is 5.65. The van der Waals surface area contributed by atoms with Crippen molar-refractivity contribution in [1.82, 2.24) is 0 Å². The average molecular weight is 352 g/mol. The molecule has 3 aromatic rings. The van der Waals surface area contributed by atoms with Crippen LogP contribution in [0.4, 0.5) is 11.4 Å². The number of halogens is 1. The molecule has 0 aliphatic carbocycles. The van der Waals surface area contributed by atoms with Crippen LogP contribution in [0.25, 0.3) is 11.1 Å². The molecule has 1 aliphatic rings. The Hall–Kier alpha value is -2.23. The average Bonchev–Trinajstić information content (AvgIpc) is 2.59. The van der Waals surface area contributed by atoms with Gasteiger partial charge in [0.1, 0.15) is 0 Å². The van der Waals surface area contributed by atoms with E-state index < -0.39 is 5.92 Å². The maximum absolute atomic E-state index is 12.4. The standard InChI is InChI=1S/C20H14ClNOS/c21-13-10-8-12(9-11-13)14-5-3-7-17-18(14)19(20(23)24)15-4-1-2-6-16(15)22-17/h1-11,19,22H,(H,23,24). The summed E-state index contributed by atoms with van der Waals surface area (Å²) in [5.74, 6) is -0.396. The molecule has 1 aliphatic heterocycles. The van der Waals surface area contributed by atoms with Crippen molar-refractivity contribution in [2.75, 3.05) is 5.32 Å². The van der Waals surface area contributed by atoms with Gasteiger partial charge in [0.2, 0.25) is 0 Å². The summed E-state index contributed by atoms with van der Waals surface area (Å²) in [5, 5.41) is 3.96. The van der Waals surface area contributed by atoms with Gasteiger partial charge in [-0.15, -0.1) is 12.6 Å². The van der Waals surface area contributed by atoms with Crippen LogP contribution in [0.5, 0.6) is 0 Å². The van der Waals surface area contributed by atoms with E-state index >= 15 is 0 Å². The van der Waals surface area contributed by atoms with Gasteiger partial charge in [0.25, 0.3) is 0 Å². The number of hydrogen-bond donors (Lipinski definition) is 2. The van der Waals surface area contributed by atoms with Gasteiger partial charge in [-0.25, -0.2) is 0 Å². The number of benzene rings is 3. The van der Waals surface area contributed by atoms with E-state index in [0.717, 1.165) is 33.6 Å². The maximum atomic E-state index is 12.4. The van der Waals surface area contributed by atoms with Gasteiger partial charge in [0.05, 0.1) is 5.92 Å². The minimum absolute atomic E-state index is 0.161. The summed E-state index contributed by atoms with van der Waals surface area (Å²) in [6.45, 7) is 0. The molecule has 118 valence electrons. The van der Waals surface area contributed by atoms with E-state index in [1.54, 1.807) is 0 Å². The van der Waals surface area contributed by atoms with Crippen molar-refractivity contribution in [3.8, 4) is 11.1 Å². The molecule has 0 saturated carbocycles. The van der Waals surface area contributed by atoms with Gasteiger partial charge in [0.15, 0.2) is 5.12 Å². The molecular weight excluding hydrogens is 338 g/mol. The lowest BCUT2D eigenvalue weighted by molar-refractivity contribution is -0.111. The van der Waals surface area contributed by atoms with Crippen LogP contribution in [0, 0.1) is 0 Å². The fraction of sp³-hybridized carbons (Fsp3) is 0.0500. The number of anilines is 2. The summed E-state index contributed by atoms with van der Waals surface area (Å²) in [6.07, 6.45) is 0. The molecule has 0 fully saturated rings. The Bertz CT molecular complexity index is 937. The van der Waals surface area contributed by atoms with Crippen molar-refractivity contribution >= 4 is 40.7 Å².